The van der Waals surface area contributed by atoms with E-state index in [-0.39, 0.29) is 17.7 Å². The molecule has 1 atom stereocenters. The van der Waals surface area contributed by atoms with Crippen molar-refractivity contribution in [1.82, 2.24) is 5.32 Å². The molecule has 1 aromatic rings. The van der Waals surface area contributed by atoms with Crippen molar-refractivity contribution in [3.05, 3.63) is 29.3 Å². The molecule has 17 heavy (non-hydrogen) atoms. The minimum absolute atomic E-state index is 0.0486. The molecule has 1 amide bonds. The van der Waals surface area contributed by atoms with Gasteiger partial charge in [0, 0.05) is 11.6 Å². The zero-order valence-electron chi connectivity index (χ0n) is 10.4. The van der Waals surface area contributed by atoms with E-state index in [1.54, 1.807) is 25.1 Å². The lowest BCUT2D eigenvalue weighted by molar-refractivity contribution is 0.0909. The summed E-state index contributed by atoms with van der Waals surface area (Å²) in [6, 6.07) is 5.19. The zero-order valence-corrected chi connectivity index (χ0v) is 10.4. The van der Waals surface area contributed by atoms with Crippen LogP contribution >= 0.6 is 0 Å². The van der Waals surface area contributed by atoms with E-state index in [4.69, 9.17) is 0 Å². The van der Waals surface area contributed by atoms with Crippen LogP contribution in [-0.2, 0) is 0 Å². The Balaban J connectivity index is 2.01. The smallest absolute Gasteiger partial charge is 0.251 e. The van der Waals surface area contributed by atoms with Crippen LogP contribution in [0.3, 0.4) is 0 Å². The maximum Gasteiger partial charge on any atom is 0.251 e. The van der Waals surface area contributed by atoms with E-state index in [1.165, 1.54) is 19.3 Å². The van der Waals surface area contributed by atoms with Crippen LogP contribution < -0.4 is 5.32 Å². The topological polar surface area (TPSA) is 49.3 Å². The molecule has 0 bridgehead atoms. The number of aryl methyl sites for hydroxylation is 1. The van der Waals surface area contributed by atoms with Gasteiger partial charge in [0.05, 0.1) is 0 Å². The fourth-order valence-corrected chi connectivity index (χ4v) is 2.14. The quantitative estimate of drug-likeness (QED) is 0.843. The maximum absolute atomic E-state index is 12.0. The van der Waals surface area contributed by atoms with Crippen molar-refractivity contribution in [2.24, 2.45) is 5.92 Å². The number of amides is 1. The van der Waals surface area contributed by atoms with Gasteiger partial charge in [-0.2, -0.15) is 0 Å². The third-order valence-corrected chi connectivity index (χ3v) is 3.67. The summed E-state index contributed by atoms with van der Waals surface area (Å²) >= 11 is 0. The predicted molar refractivity (Wildman–Crippen MR) is 67.1 cm³/mol. The Morgan fingerprint density at radius 3 is 2.71 bits per heavy atom. The Morgan fingerprint density at radius 2 is 2.18 bits per heavy atom. The molecular formula is C14H19NO2. The number of carbonyl (C=O) groups is 1. The van der Waals surface area contributed by atoms with Crippen LogP contribution in [0.15, 0.2) is 18.2 Å². The van der Waals surface area contributed by atoms with Gasteiger partial charge in [0.1, 0.15) is 5.75 Å². The number of hydrogen-bond donors (Lipinski definition) is 2. The van der Waals surface area contributed by atoms with Crippen LogP contribution in [0.5, 0.6) is 5.75 Å². The van der Waals surface area contributed by atoms with E-state index >= 15 is 0 Å². The van der Waals surface area contributed by atoms with Crippen molar-refractivity contribution in [1.29, 1.82) is 0 Å². The van der Waals surface area contributed by atoms with Gasteiger partial charge in [0.25, 0.3) is 5.91 Å². The van der Waals surface area contributed by atoms with E-state index in [1.807, 2.05) is 0 Å². The summed E-state index contributed by atoms with van der Waals surface area (Å²) in [4.78, 5) is 12.0. The van der Waals surface area contributed by atoms with Crippen molar-refractivity contribution >= 4 is 5.91 Å². The lowest BCUT2D eigenvalue weighted by Crippen LogP contribution is -2.40. The van der Waals surface area contributed by atoms with Crippen molar-refractivity contribution < 1.29 is 9.90 Å². The van der Waals surface area contributed by atoms with E-state index < -0.39 is 0 Å². The molecule has 1 aliphatic carbocycles. The summed E-state index contributed by atoms with van der Waals surface area (Å²) in [5.74, 6) is 0.818. The van der Waals surface area contributed by atoms with Gasteiger partial charge >= 0.3 is 0 Å². The molecule has 1 fully saturated rings. The van der Waals surface area contributed by atoms with Crippen LogP contribution in [-0.4, -0.2) is 17.1 Å². The SMILES string of the molecule is Cc1cc(C(=O)NC(C)C2CCC2)ccc1O. The highest BCUT2D eigenvalue weighted by atomic mass is 16.3. The Bertz CT molecular complexity index is 424. The van der Waals surface area contributed by atoms with Gasteiger partial charge in [-0.15, -0.1) is 0 Å². The first-order chi connectivity index (χ1) is 8.08. The highest BCUT2D eigenvalue weighted by Crippen LogP contribution is 2.29. The Kier molecular flexibility index (Phi) is 3.36. The summed E-state index contributed by atoms with van der Waals surface area (Å²) in [5, 5.41) is 12.4. The number of carbonyl (C=O) groups excluding carboxylic acids is 1. The van der Waals surface area contributed by atoms with Gasteiger partial charge in [-0.25, -0.2) is 0 Å². The molecule has 1 aliphatic rings. The maximum atomic E-state index is 12.0. The Morgan fingerprint density at radius 1 is 1.47 bits per heavy atom. The lowest BCUT2D eigenvalue weighted by atomic mass is 9.80. The van der Waals surface area contributed by atoms with E-state index in [0.29, 0.717) is 11.5 Å². The summed E-state index contributed by atoms with van der Waals surface area (Å²) in [5.41, 5.74) is 1.35. The molecule has 3 heteroatoms. The summed E-state index contributed by atoms with van der Waals surface area (Å²) < 4.78 is 0. The largest absolute Gasteiger partial charge is 0.508 e. The van der Waals surface area contributed by atoms with Crippen LogP contribution in [0.1, 0.15) is 42.1 Å². The van der Waals surface area contributed by atoms with Gasteiger partial charge in [-0.3, -0.25) is 4.79 Å². The number of hydrogen-bond acceptors (Lipinski definition) is 2. The molecule has 0 aliphatic heterocycles. The van der Waals surface area contributed by atoms with Gasteiger partial charge in [0.15, 0.2) is 0 Å². The fourth-order valence-electron chi connectivity index (χ4n) is 2.14. The second-order valence-electron chi connectivity index (χ2n) is 4.95. The molecule has 2 rings (SSSR count). The summed E-state index contributed by atoms with van der Waals surface area (Å²) in [6.07, 6.45) is 3.72. The molecule has 92 valence electrons. The van der Waals surface area contributed by atoms with Crippen molar-refractivity contribution in [3.8, 4) is 5.75 Å². The van der Waals surface area contributed by atoms with E-state index in [2.05, 4.69) is 12.2 Å². The number of aromatic hydroxyl groups is 1. The first-order valence-corrected chi connectivity index (χ1v) is 6.18. The molecule has 0 spiro atoms. The molecule has 1 aromatic carbocycles. The molecule has 2 N–H and O–H groups in total. The number of phenols is 1. The number of nitrogens with one attached hydrogen (secondary N) is 1. The fraction of sp³-hybridized carbons (Fsp3) is 0.500. The molecule has 0 aromatic heterocycles. The van der Waals surface area contributed by atoms with Gasteiger partial charge in [0.2, 0.25) is 0 Å². The van der Waals surface area contributed by atoms with Gasteiger partial charge < -0.3 is 10.4 Å². The average Bonchev–Trinajstić information content (AvgIpc) is 2.19. The Hall–Kier alpha value is -1.51. The second kappa shape index (κ2) is 4.78. The van der Waals surface area contributed by atoms with Gasteiger partial charge in [-0.05, 0) is 56.4 Å². The number of benzene rings is 1. The first-order valence-electron chi connectivity index (χ1n) is 6.18. The Labute approximate surface area is 102 Å². The van der Waals surface area contributed by atoms with Crippen molar-refractivity contribution in [2.45, 2.75) is 39.2 Å². The van der Waals surface area contributed by atoms with Crippen LogP contribution in [0.4, 0.5) is 0 Å². The molecule has 0 heterocycles. The molecular weight excluding hydrogens is 214 g/mol. The molecule has 1 saturated carbocycles. The highest BCUT2D eigenvalue weighted by Gasteiger charge is 2.25. The normalized spacial score (nSPS) is 17.3. The lowest BCUT2D eigenvalue weighted by Gasteiger charge is -2.31. The molecule has 0 saturated heterocycles. The van der Waals surface area contributed by atoms with E-state index in [9.17, 15) is 9.90 Å². The van der Waals surface area contributed by atoms with Gasteiger partial charge in [-0.1, -0.05) is 6.42 Å². The predicted octanol–water partition coefficient (Wildman–Crippen LogP) is 2.62. The summed E-state index contributed by atoms with van der Waals surface area (Å²) in [7, 11) is 0. The second-order valence-corrected chi connectivity index (χ2v) is 4.95. The zero-order chi connectivity index (χ0) is 12.4. The minimum atomic E-state index is -0.0486. The number of phenolic OH excluding ortho intramolecular Hbond substituents is 1. The van der Waals surface area contributed by atoms with Crippen LogP contribution in [0.25, 0.3) is 0 Å². The van der Waals surface area contributed by atoms with Crippen LogP contribution in [0, 0.1) is 12.8 Å². The highest BCUT2D eigenvalue weighted by molar-refractivity contribution is 5.94. The third kappa shape index (κ3) is 2.60. The molecule has 0 radical (unpaired) electrons. The standard InChI is InChI=1S/C14H19NO2/c1-9-8-12(6-7-13(9)16)14(17)15-10(2)11-4-3-5-11/h6-8,10-11,16H,3-5H2,1-2H3,(H,15,17). The van der Waals surface area contributed by atoms with Crippen molar-refractivity contribution in [3.63, 3.8) is 0 Å². The average molecular weight is 233 g/mol. The van der Waals surface area contributed by atoms with E-state index in [0.717, 1.165) is 5.56 Å². The first kappa shape index (κ1) is 12.0. The molecule has 1 unspecified atom stereocenters. The monoisotopic (exact) mass is 233 g/mol. The summed E-state index contributed by atoms with van der Waals surface area (Å²) in [6.45, 7) is 3.86. The van der Waals surface area contributed by atoms with Crippen LogP contribution in [0.2, 0.25) is 0 Å². The minimum Gasteiger partial charge on any atom is -0.508 e. The third-order valence-electron chi connectivity index (χ3n) is 3.67. The molecule has 3 nitrogen and oxygen atoms in total. The van der Waals surface area contributed by atoms with Crippen molar-refractivity contribution in [2.75, 3.05) is 0 Å². The number of rotatable bonds is 3.